The molecule has 1 saturated carbocycles. The van der Waals surface area contributed by atoms with Crippen LogP contribution in [0.3, 0.4) is 0 Å². The molecule has 2 nitrogen and oxygen atoms in total. The highest BCUT2D eigenvalue weighted by Gasteiger charge is 2.37. The van der Waals surface area contributed by atoms with Crippen LogP contribution in [0.1, 0.15) is 45.1 Å². The zero-order valence-electron chi connectivity index (χ0n) is 12.3. The number of nitrogens with one attached hydrogen (secondary N) is 1. The van der Waals surface area contributed by atoms with Crippen molar-refractivity contribution in [1.29, 1.82) is 0 Å². The Balaban J connectivity index is 2.20. The predicted octanol–water partition coefficient (Wildman–Crippen LogP) is 3.56. The van der Waals surface area contributed by atoms with E-state index in [1.807, 2.05) is 0 Å². The lowest BCUT2D eigenvalue weighted by molar-refractivity contribution is 0.0974. The first-order valence-corrected chi connectivity index (χ1v) is 7.34. The maximum atomic E-state index is 13.8. The SMILES string of the molecule is CC1(C)CCCCC1C(Cc1c(F)cccc1F)NN. The smallest absolute Gasteiger partial charge is 0.129 e. The molecule has 0 spiro atoms. The van der Waals surface area contributed by atoms with Crippen molar-refractivity contribution >= 4 is 0 Å². The first kappa shape index (κ1) is 15.4. The molecule has 0 heterocycles. The van der Waals surface area contributed by atoms with Crippen LogP contribution in [0, 0.1) is 23.0 Å². The number of hydrazine groups is 1. The zero-order chi connectivity index (χ0) is 14.8. The standard InChI is InChI=1S/C16H24F2N2/c1-16(2)9-4-3-6-12(16)15(20-19)10-11-13(17)7-5-8-14(11)18/h5,7-8,12,15,20H,3-4,6,9-10,19H2,1-2H3. The maximum Gasteiger partial charge on any atom is 0.129 e. The van der Waals surface area contributed by atoms with Crippen molar-refractivity contribution in [2.24, 2.45) is 17.2 Å². The van der Waals surface area contributed by atoms with E-state index in [2.05, 4.69) is 19.3 Å². The summed E-state index contributed by atoms with van der Waals surface area (Å²) < 4.78 is 27.6. The molecular weight excluding hydrogens is 258 g/mol. The highest BCUT2D eigenvalue weighted by Crippen LogP contribution is 2.43. The molecule has 1 fully saturated rings. The Morgan fingerprint density at radius 3 is 2.50 bits per heavy atom. The Bertz CT molecular complexity index is 440. The fourth-order valence-corrected chi connectivity index (χ4v) is 3.53. The van der Waals surface area contributed by atoms with Crippen LogP contribution in [0.4, 0.5) is 8.78 Å². The summed E-state index contributed by atoms with van der Waals surface area (Å²) >= 11 is 0. The molecule has 2 atom stereocenters. The molecular formula is C16H24F2N2. The van der Waals surface area contributed by atoms with Crippen molar-refractivity contribution in [2.75, 3.05) is 0 Å². The highest BCUT2D eigenvalue weighted by atomic mass is 19.1. The van der Waals surface area contributed by atoms with Crippen LogP contribution in [0.15, 0.2) is 18.2 Å². The second-order valence-electron chi connectivity index (χ2n) is 6.52. The lowest BCUT2D eigenvalue weighted by Gasteiger charge is -2.43. The third-order valence-corrected chi connectivity index (χ3v) is 4.78. The van der Waals surface area contributed by atoms with Gasteiger partial charge in [-0.2, -0.15) is 0 Å². The summed E-state index contributed by atoms with van der Waals surface area (Å²) in [5.74, 6) is 5.04. The van der Waals surface area contributed by atoms with E-state index in [0.717, 1.165) is 19.3 Å². The van der Waals surface area contributed by atoms with E-state index in [1.165, 1.54) is 24.6 Å². The van der Waals surface area contributed by atoms with Crippen LogP contribution < -0.4 is 11.3 Å². The minimum Gasteiger partial charge on any atom is -0.271 e. The topological polar surface area (TPSA) is 38.0 Å². The molecule has 20 heavy (non-hydrogen) atoms. The normalized spacial score (nSPS) is 23.6. The highest BCUT2D eigenvalue weighted by molar-refractivity contribution is 5.21. The molecule has 1 aliphatic rings. The summed E-state index contributed by atoms with van der Waals surface area (Å²) in [6.45, 7) is 4.44. The average Bonchev–Trinajstić information content (AvgIpc) is 2.39. The quantitative estimate of drug-likeness (QED) is 0.654. The average molecular weight is 282 g/mol. The van der Waals surface area contributed by atoms with E-state index in [9.17, 15) is 8.78 Å². The van der Waals surface area contributed by atoms with E-state index in [-0.39, 0.29) is 17.0 Å². The first-order chi connectivity index (χ1) is 9.45. The summed E-state index contributed by atoms with van der Waals surface area (Å²) in [7, 11) is 0. The molecule has 0 bridgehead atoms. The van der Waals surface area contributed by atoms with Crippen LogP contribution in [-0.4, -0.2) is 6.04 Å². The Morgan fingerprint density at radius 2 is 1.95 bits per heavy atom. The van der Waals surface area contributed by atoms with E-state index >= 15 is 0 Å². The van der Waals surface area contributed by atoms with Crippen molar-refractivity contribution < 1.29 is 8.78 Å². The van der Waals surface area contributed by atoms with Crippen molar-refractivity contribution in [3.8, 4) is 0 Å². The van der Waals surface area contributed by atoms with Gasteiger partial charge in [0.15, 0.2) is 0 Å². The van der Waals surface area contributed by atoms with Crippen LogP contribution >= 0.6 is 0 Å². The third-order valence-electron chi connectivity index (χ3n) is 4.78. The van der Waals surface area contributed by atoms with Crippen molar-refractivity contribution in [3.05, 3.63) is 35.4 Å². The Morgan fingerprint density at radius 1 is 1.30 bits per heavy atom. The molecule has 0 aromatic heterocycles. The van der Waals surface area contributed by atoms with Gasteiger partial charge in [0.1, 0.15) is 11.6 Å². The maximum absolute atomic E-state index is 13.8. The molecule has 112 valence electrons. The summed E-state index contributed by atoms with van der Waals surface area (Å²) in [5, 5.41) is 0. The van der Waals surface area contributed by atoms with E-state index < -0.39 is 11.6 Å². The Kier molecular flexibility index (Phi) is 4.76. The largest absolute Gasteiger partial charge is 0.271 e. The van der Waals surface area contributed by atoms with Crippen LogP contribution in [-0.2, 0) is 6.42 Å². The van der Waals surface area contributed by atoms with E-state index in [1.54, 1.807) is 0 Å². The molecule has 2 unspecified atom stereocenters. The van der Waals surface area contributed by atoms with Crippen molar-refractivity contribution in [3.63, 3.8) is 0 Å². The summed E-state index contributed by atoms with van der Waals surface area (Å²) in [4.78, 5) is 0. The number of nitrogens with two attached hydrogens (primary N) is 1. The van der Waals surface area contributed by atoms with Gasteiger partial charge in [-0.05, 0) is 42.7 Å². The Labute approximate surface area is 119 Å². The molecule has 4 heteroatoms. The van der Waals surface area contributed by atoms with Crippen molar-refractivity contribution in [2.45, 2.75) is 52.0 Å². The Hall–Kier alpha value is -1.00. The molecule has 0 aliphatic heterocycles. The molecule has 1 aromatic carbocycles. The molecule has 0 amide bonds. The monoisotopic (exact) mass is 282 g/mol. The molecule has 1 aliphatic carbocycles. The van der Waals surface area contributed by atoms with Crippen molar-refractivity contribution in [1.82, 2.24) is 5.43 Å². The number of halogens is 2. The van der Waals surface area contributed by atoms with E-state index in [0.29, 0.717) is 12.3 Å². The van der Waals surface area contributed by atoms with Gasteiger partial charge in [-0.15, -0.1) is 0 Å². The van der Waals surface area contributed by atoms with Gasteiger partial charge in [0.2, 0.25) is 0 Å². The second-order valence-corrected chi connectivity index (χ2v) is 6.52. The van der Waals surface area contributed by atoms with Gasteiger partial charge in [0.25, 0.3) is 0 Å². The lowest BCUT2D eigenvalue weighted by atomic mass is 9.65. The number of benzene rings is 1. The molecule has 0 saturated heterocycles. The lowest BCUT2D eigenvalue weighted by Crippen LogP contribution is -2.49. The van der Waals surface area contributed by atoms with Crippen LogP contribution in [0.25, 0.3) is 0 Å². The van der Waals surface area contributed by atoms with Gasteiger partial charge in [-0.3, -0.25) is 11.3 Å². The molecule has 0 radical (unpaired) electrons. The summed E-state index contributed by atoms with van der Waals surface area (Å²) in [6.07, 6.45) is 4.86. The first-order valence-electron chi connectivity index (χ1n) is 7.34. The number of hydrogen-bond acceptors (Lipinski definition) is 2. The van der Waals surface area contributed by atoms with Gasteiger partial charge in [0.05, 0.1) is 0 Å². The van der Waals surface area contributed by atoms with E-state index in [4.69, 9.17) is 5.84 Å². The summed E-state index contributed by atoms with van der Waals surface area (Å²) in [5.41, 5.74) is 3.08. The van der Waals surface area contributed by atoms with Gasteiger partial charge in [0, 0.05) is 11.6 Å². The third kappa shape index (κ3) is 3.18. The molecule has 2 rings (SSSR count). The second kappa shape index (κ2) is 6.19. The fourth-order valence-electron chi connectivity index (χ4n) is 3.53. The fraction of sp³-hybridized carbons (Fsp3) is 0.625. The van der Waals surface area contributed by atoms with Gasteiger partial charge in [-0.25, -0.2) is 8.78 Å². The van der Waals surface area contributed by atoms with Crippen LogP contribution in [0.5, 0.6) is 0 Å². The molecule has 1 aromatic rings. The number of rotatable bonds is 4. The minimum absolute atomic E-state index is 0.100. The number of hydrogen-bond donors (Lipinski definition) is 2. The van der Waals surface area contributed by atoms with Gasteiger partial charge < -0.3 is 0 Å². The van der Waals surface area contributed by atoms with Gasteiger partial charge in [-0.1, -0.05) is 32.8 Å². The molecule has 3 N–H and O–H groups in total. The van der Waals surface area contributed by atoms with Crippen LogP contribution in [0.2, 0.25) is 0 Å². The minimum atomic E-state index is -0.487. The zero-order valence-corrected chi connectivity index (χ0v) is 12.3. The van der Waals surface area contributed by atoms with Gasteiger partial charge >= 0.3 is 0 Å². The predicted molar refractivity (Wildman–Crippen MR) is 76.9 cm³/mol. The summed E-state index contributed by atoms with van der Waals surface area (Å²) in [6, 6.07) is 3.90.